The van der Waals surface area contributed by atoms with Crippen LogP contribution in [0.2, 0.25) is 0 Å². The van der Waals surface area contributed by atoms with Gasteiger partial charge in [0.15, 0.2) is 0 Å². The second-order valence-corrected chi connectivity index (χ2v) is 4.08. The van der Waals surface area contributed by atoms with E-state index in [-0.39, 0.29) is 6.54 Å². The fourth-order valence-electron chi connectivity index (χ4n) is 1.23. The van der Waals surface area contributed by atoms with E-state index in [0.29, 0.717) is 0 Å². The molecule has 2 amide bonds. The van der Waals surface area contributed by atoms with Crippen molar-refractivity contribution in [3.05, 3.63) is 42.0 Å². The molecule has 0 aliphatic carbocycles. The molecule has 0 atom stereocenters. The number of ketones is 2. The molecule has 1 N–H and O–H groups in total. The summed E-state index contributed by atoms with van der Waals surface area (Å²) >= 11 is 0. The summed E-state index contributed by atoms with van der Waals surface area (Å²) in [4.78, 5) is 35.4. The molecule has 19 heavy (non-hydrogen) atoms. The first-order valence-electron chi connectivity index (χ1n) is 5.76. The van der Waals surface area contributed by atoms with Crippen LogP contribution in [0.25, 0.3) is 6.08 Å². The molecule has 0 saturated heterocycles. The Bertz CT molecular complexity index is 493. The van der Waals surface area contributed by atoms with Crippen molar-refractivity contribution in [2.45, 2.75) is 0 Å². The SMILES string of the molecule is CN(C)C(=O)NCC(=O)C(=O)/C=C/c1ccccc1. The van der Waals surface area contributed by atoms with Crippen LogP contribution in [0, 0.1) is 0 Å². The van der Waals surface area contributed by atoms with Gasteiger partial charge in [-0.15, -0.1) is 0 Å². The van der Waals surface area contributed by atoms with E-state index in [2.05, 4.69) is 5.32 Å². The Hall–Kier alpha value is -2.43. The van der Waals surface area contributed by atoms with Crippen molar-refractivity contribution in [3.8, 4) is 0 Å². The number of carbonyl (C=O) groups excluding carboxylic acids is 3. The van der Waals surface area contributed by atoms with Crippen molar-refractivity contribution in [3.63, 3.8) is 0 Å². The van der Waals surface area contributed by atoms with Crippen LogP contribution in [-0.4, -0.2) is 43.1 Å². The summed E-state index contributed by atoms with van der Waals surface area (Å²) in [5, 5.41) is 2.34. The smallest absolute Gasteiger partial charge is 0.317 e. The first-order chi connectivity index (χ1) is 9.00. The quantitative estimate of drug-likeness (QED) is 0.637. The predicted molar refractivity (Wildman–Crippen MR) is 72.6 cm³/mol. The van der Waals surface area contributed by atoms with Crippen molar-refractivity contribution >= 4 is 23.7 Å². The highest BCUT2D eigenvalue weighted by Gasteiger charge is 2.12. The topological polar surface area (TPSA) is 66.5 Å². The van der Waals surface area contributed by atoms with Gasteiger partial charge >= 0.3 is 6.03 Å². The molecule has 0 radical (unpaired) electrons. The van der Waals surface area contributed by atoms with Crippen LogP contribution in [-0.2, 0) is 9.59 Å². The van der Waals surface area contributed by atoms with Gasteiger partial charge in [0.25, 0.3) is 0 Å². The number of Topliss-reactive ketones (excluding diaryl/α,β-unsaturated/α-hetero) is 1. The molecule has 0 unspecified atom stereocenters. The number of benzene rings is 1. The standard InChI is InChI=1S/C14H16N2O3/c1-16(2)14(19)15-10-13(18)12(17)9-8-11-6-4-3-5-7-11/h3-9H,10H2,1-2H3,(H,15,19)/b9-8+. The number of allylic oxidation sites excluding steroid dienone is 1. The summed E-state index contributed by atoms with van der Waals surface area (Å²) in [5.41, 5.74) is 0.834. The van der Waals surface area contributed by atoms with Gasteiger partial charge in [-0.2, -0.15) is 0 Å². The van der Waals surface area contributed by atoms with Crippen molar-refractivity contribution in [2.24, 2.45) is 0 Å². The molecule has 100 valence electrons. The van der Waals surface area contributed by atoms with E-state index in [9.17, 15) is 14.4 Å². The maximum atomic E-state index is 11.5. The minimum Gasteiger partial charge on any atom is -0.331 e. The first kappa shape index (κ1) is 14.6. The Labute approximate surface area is 111 Å². The zero-order valence-corrected chi connectivity index (χ0v) is 10.9. The van der Waals surface area contributed by atoms with Crippen molar-refractivity contribution in [1.29, 1.82) is 0 Å². The van der Waals surface area contributed by atoms with Gasteiger partial charge in [0.05, 0.1) is 6.54 Å². The fourth-order valence-corrected chi connectivity index (χ4v) is 1.23. The summed E-state index contributed by atoms with van der Waals surface area (Å²) < 4.78 is 0. The van der Waals surface area contributed by atoms with Crippen LogP contribution in [0.3, 0.4) is 0 Å². The molecule has 0 aliphatic rings. The van der Waals surface area contributed by atoms with Crippen molar-refractivity contribution in [1.82, 2.24) is 10.2 Å². The van der Waals surface area contributed by atoms with Crippen LogP contribution < -0.4 is 5.32 Å². The highest BCUT2D eigenvalue weighted by Crippen LogP contribution is 2.00. The third kappa shape index (κ3) is 5.16. The number of nitrogens with one attached hydrogen (secondary N) is 1. The van der Waals surface area contributed by atoms with E-state index in [4.69, 9.17) is 0 Å². The third-order valence-electron chi connectivity index (χ3n) is 2.31. The second kappa shape index (κ2) is 7.10. The van der Waals surface area contributed by atoms with Gasteiger partial charge in [0.2, 0.25) is 11.6 Å². The Kier molecular flexibility index (Phi) is 5.47. The fraction of sp³-hybridized carbons (Fsp3) is 0.214. The molecular weight excluding hydrogens is 244 g/mol. The summed E-state index contributed by atoms with van der Waals surface area (Å²) in [7, 11) is 3.11. The number of nitrogens with zero attached hydrogens (tertiary/aromatic N) is 1. The van der Waals surface area contributed by atoms with E-state index in [1.54, 1.807) is 20.2 Å². The second-order valence-electron chi connectivity index (χ2n) is 4.08. The van der Waals surface area contributed by atoms with Gasteiger partial charge in [-0.05, 0) is 11.6 Å². The largest absolute Gasteiger partial charge is 0.331 e. The summed E-state index contributed by atoms with van der Waals surface area (Å²) in [6.07, 6.45) is 2.77. The summed E-state index contributed by atoms with van der Waals surface area (Å²) in [6.45, 7) is -0.297. The number of carbonyl (C=O) groups is 3. The van der Waals surface area contributed by atoms with Gasteiger partial charge in [0, 0.05) is 14.1 Å². The molecule has 5 nitrogen and oxygen atoms in total. The van der Waals surface area contributed by atoms with Crippen LogP contribution in [0.1, 0.15) is 5.56 Å². The molecule has 1 rings (SSSR count). The molecule has 0 saturated carbocycles. The molecule has 0 heterocycles. The van der Waals surface area contributed by atoms with E-state index < -0.39 is 17.6 Å². The lowest BCUT2D eigenvalue weighted by Crippen LogP contribution is -2.39. The van der Waals surface area contributed by atoms with Crippen LogP contribution in [0.4, 0.5) is 4.79 Å². The number of hydrogen-bond donors (Lipinski definition) is 1. The lowest BCUT2D eigenvalue weighted by Gasteiger charge is -2.10. The van der Waals surface area contributed by atoms with Gasteiger partial charge in [-0.25, -0.2) is 4.79 Å². The number of urea groups is 1. The monoisotopic (exact) mass is 260 g/mol. The average molecular weight is 260 g/mol. The Morgan fingerprint density at radius 1 is 1.16 bits per heavy atom. The average Bonchev–Trinajstić information content (AvgIpc) is 2.42. The Balaban J connectivity index is 2.48. The van der Waals surface area contributed by atoms with Gasteiger partial charge in [-0.1, -0.05) is 36.4 Å². The van der Waals surface area contributed by atoms with Crippen molar-refractivity contribution < 1.29 is 14.4 Å². The molecular formula is C14H16N2O3. The molecule has 1 aromatic carbocycles. The van der Waals surface area contributed by atoms with Crippen LogP contribution >= 0.6 is 0 Å². The van der Waals surface area contributed by atoms with E-state index in [1.165, 1.54) is 11.0 Å². The normalized spacial score (nSPS) is 10.2. The lowest BCUT2D eigenvalue weighted by atomic mass is 10.1. The molecule has 0 fully saturated rings. The highest BCUT2D eigenvalue weighted by atomic mass is 16.2. The van der Waals surface area contributed by atoms with E-state index in [1.807, 2.05) is 30.3 Å². The molecule has 0 bridgehead atoms. The minimum atomic E-state index is -0.651. The number of rotatable bonds is 5. The highest BCUT2D eigenvalue weighted by molar-refractivity contribution is 6.43. The summed E-state index contributed by atoms with van der Waals surface area (Å²) in [5.74, 6) is -1.29. The van der Waals surface area contributed by atoms with Crippen LogP contribution in [0.5, 0.6) is 0 Å². The molecule has 0 aromatic heterocycles. The Morgan fingerprint density at radius 2 is 1.79 bits per heavy atom. The van der Waals surface area contributed by atoms with Gasteiger partial charge in [-0.3, -0.25) is 9.59 Å². The lowest BCUT2D eigenvalue weighted by molar-refractivity contribution is -0.133. The zero-order valence-electron chi connectivity index (χ0n) is 10.9. The first-order valence-corrected chi connectivity index (χ1v) is 5.76. The number of amides is 2. The molecule has 0 aliphatic heterocycles. The Morgan fingerprint density at radius 3 is 2.37 bits per heavy atom. The predicted octanol–water partition coefficient (Wildman–Crippen LogP) is 1.11. The van der Waals surface area contributed by atoms with E-state index in [0.717, 1.165) is 5.56 Å². The maximum absolute atomic E-state index is 11.5. The van der Waals surface area contributed by atoms with Gasteiger partial charge < -0.3 is 10.2 Å². The van der Waals surface area contributed by atoms with Crippen molar-refractivity contribution in [2.75, 3.05) is 20.6 Å². The third-order valence-corrected chi connectivity index (χ3v) is 2.31. The summed E-state index contributed by atoms with van der Waals surface area (Å²) in [6, 6.07) is 8.77. The molecule has 1 aromatic rings. The molecule has 0 spiro atoms. The zero-order chi connectivity index (χ0) is 14.3. The van der Waals surface area contributed by atoms with E-state index >= 15 is 0 Å². The van der Waals surface area contributed by atoms with Crippen LogP contribution in [0.15, 0.2) is 36.4 Å². The maximum Gasteiger partial charge on any atom is 0.317 e. The minimum absolute atomic E-state index is 0.297. The number of hydrogen-bond acceptors (Lipinski definition) is 3. The molecule has 5 heteroatoms. The van der Waals surface area contributed by atoms with Gasteiger partial charge in [0.1, 0.15) is 0 Å².